The van der Waals surface area contributed by atoms with Crippen molar-refractivity contribution in [1.29, 1.82) is 0 Å². The summed E-state index contributed by atoms with van der Waals surface area (Å²) in [4.78, 5) is 0. The number of rotatable bonds is 2. The molecule has 1 heterocycles. The Morgan fingerprint density at radius 3 is 1.17 bits per heavy atom. The average molecular weight is 415 g/mol. The summed E-state index contributed by atoms with van der Waals surface area (Å²) in [5, 5.41) is 7.40. The van der Waals surface area contributed by atoms with Crippen LogP contribution >= 0.6 is 0 Å². The molecule has 2 aromatic rings. The molecule has 2 N–H and O–H groups in total. The molecule has 2 aromatic carbocycles. The first-order valence-corrected chi connectivity index (χ1v) is 10.8. The zero-order chi connectivity index (χ0) is 20.7. The third kappa shape index (κ3) is 8.14. The second-order valence-corrected chi connectivity index (χ2v) is 7.13. The van der Waals surface area contributed by atoms with Crippen molar-refractivity contribution in [2.75, 3.05) is 65.9 Å². The quantitative estimate of drug-likeness (QED) is 0.788. The van der Waals surface area contributed by atoms with Gasteiger partial charge in [-0.1, -0.05) is 60.7 Å². The molecule has 30 heavy (non-hydrogen) atoms. The number of ether oxygens (including phenoxy) is 4. The predicted octanol–water partition coefficient (Wildman–Crippen LogP) is 2.73. The third-order valence-corrected chi connectivity index (χ3v) is 4.99. The first-order chi connectivity index (χ1) is 14.9. The SMILES string of the molecule is c1ccc([C@H]2NCCOCCOCCOCCOCCN[C@@H]2c2ccccc2)cc1. The van der Waals surface area contributed by atoms with Crippen LogP contribution in [0.1, 0.15) is 23.2 Å². The van der Waals surface area contributed by atoms with Crippen LogP contribution in [0.2, 0.25) is 0 Å². The molecule has 0 bridgehead atoms. The fourth-order valence-corrected chi connectivity index (χ4v) is 3.51. The Kier molecular flexibility index (Phi) is 10.9. The van der Waals surface area contributed by atoms with Gasteiger partial charge in [0, 0.05) is 13.1 Å². The van der Waals surface area contributed by atoms with Gasteiger partial charge >= 0.3 is 0 Å². The van der Waals surface area contributed by atoms with Crippen LogP contribution in [-0.4, -0.2) is 65.9 Å². The minimum absolute atomic E-state index is 0.107. The molecule has 1 saturated heterocycles. The van der Waals surface area contributed by atoms with E-state index in [4.69, 9.17) is 18.9 Å². The summed E-state index contributed by atoms with van der Waals surface area (Å²) in [5.41, 5.74) is 2.48. The Morgan fingerprint density at radius 1 is 0.467 bits per heavy atom. The summed E-state index contributed by atoms with van der Waals surface area (Å²) in [7, 11) is 0. The number of hydrogen-bond acceptors (Lipinski definition) is 6. The lowest BCUT2D eigenvalue weighted by atomic mass is 9.93. The number of nitrogens with one attached hydrogen (secondary N) is 2. The molecule has 1 aliphatic heterocycles. The monoisotopic (exact) mass is 414 g/mol. The van der Waals surface area contributed by atoms with Gasteiger partial charge < -0.3 is 29.6 Å². The summed E-state index contributed by atoms with van der Waals surface area (Å²) < 4.78 is 22.5. The molecule has 3 rings (SSSR count). The van der Waals surface area contributed by atoms with Crippen molar-refractivity contribution in [3.8, 4) is 0 Å². The molecule has 0 unspecified atom stereocenters. The molecular weight excluding hydrogens is 380 g/mol. The smallest absolute Gasteiger partial charge is 0.0701 e. The molecule has 6 heteroatoms. The van der Waals surface area contributed by atoms with Crippen molar-refractivity contribution in [2.45, 2.75) is 12.1 Å². The largest absolute Gasteiger partial charge is 0.378 e. The molecule has 0 spiro atoms. The van der Waals surface area contributed by atoms with Crippen LogP contribution in [0.25, 0.3) is 0 Å². The molecule has 0 aliphatic carbocycles. The zero-order valence-corrected chi connectivity index (χ0v) is 17.6. The Morgan fingerprint density at radius 2 is 0.800 bits per heavy atom. The Balaban J connectivity index is 1.71. The maximum Gasteiger partial charge on any atom is 0.0701 e. The van der Waals surface area contributed by atoms with Crippen molar-refractivity contribution in [3.05, 3.63) is 71.8 Å². The lowest BCUT2D eigenvalue weighted by molar-refractivity contribution is -0.00225. The zero-order valence-electron chi connectivity index (χ0n) is 17.6. The van der Waals surface area contributed by atoms with Gasteiger partial charge in [0.2, 0.25) is 0 Å². The van der Waals surface area contributed by atoms with Crippen molar-refractivity contribution in [3.63, 3.8) is 0 Å². The van der Waals surface area contributed by atoms with Gasteiger partial charge in [0.25, 0.3) is 0 Å². The first kappa shape index (κ1) is 22.9. The molecule has 6 nitrogen and oxygen atoms in total. The molecule has 0 saturated carbocycles. The Bertz CT molecular complexity index is 612. The van der Waals surface area contributed by atoms with E-state index in [2.05, 4.69) is 71.3 Å². The van der Waals surface area contributed by atoms with Crippen LogP contribution in [0.3, 0.4) is 0 Å². The lowest BCUT2D eigenvalue weighted by Gasteiger charge is -2.30. The van der Waals surface area contributed by atoms with E-state index in [0.29, 0.717) is 52.9 Å². The van der Waals surface area contributed by atoms with Gasteiger partial charge in [0.1, 0.15) is 0 Å². The van der Waals surface area contributed by atoms with Crippen LogP contribution in [0.4, 0.5) is 0 Å². The van der Waals surface area contributed by atoms with Crippen molar-refractivity contribution >= 4 is 0 Å². The number of benzene rings is 2. The molecule has 1 aliphatic rings. The van der Waals surface area contributed by atoms with E-state index in [9.17, 15) is 0 Å². The average Bonchev–Trinajstić information content (AvgIpc) is 2.80. The second-order valence-electron chi connectivity index (χ2n) is 7.13. The van der Waals surface area contributed by atoms with Gasteiger partial charge in [0.05, 0.1) is 64.9 Å². The van der Waals surface area contributed by atoms with E-state index in [0.717, 1.165) is 13.1 Å². The van der Waals surface area contributed by atoms with Crippen LogP contribution in [0, 0.1) is 0 Å². The molecular formula is C24H34N2O4. The topological polar surface area (TPSA) is 61.0 Å². The van der Waals surface area contributed by atoms with Crippen LogP contribution < -0.4 is 10.6 Å². The van der Waals surface area contributed by atoms with Crippen LogP contribution in [-0.2, 0) is 18.9 Å². The highest BCUT2D eigenvalue weighted by Crippen LogP contribution is 2.28. The maximum atomic E-state index is 5.74. The highest BCUT2D eigenvalue weighted by molar-refractivity contribution is 5.27. The van der Waals surface area contributed by atoms with Crippen LogP contribution in [0.15, 0.2) is 60.7 Å². The number of hydrogen-bond donors (Lipinski definition) is 2. The summed E-state index contributed by atoms with van der Waals surface area (Å²) in [6.45, 7) is 6.26. The highest BCUT2D eigenvalue weighted by atomic mass is 16.6. The standard InChI is InChI=1S/C24H34N2O4/c1-3-7-21(8-4-1)23-24(22-9-5-2-6-10-22)26-12-14-28-16-18-30-20-19-29-17-15-27-13-11-25-23/h1-10,23-26H,11-20H2/t23-,24-/m1/s1. The van der Waals surface area contributed by atoms with E-state index in [1.165, 1.54) is 11.1 Å². The summed E-state index contributed by atoms with van der Waals surface area (Å²) in [6, 6.07) is 21.3. The van der Waals surface area contributed by atoms with Crippen LogP contribution in [0.5, 0.6) is 0 Å². The molecule has 164 valence electrons. The first-order valence-electron chi connectivity index (χ1n) is 10.8. The van der Waals surface area contributed by atoms with E-state index < -0.39 is 0 Å². The van der Waals surface area contributed by atoms with E-state index in [-0.39, 0.29) is 12.1 Å². The maximum absolute atomic E-state index is 5.74. The summed E-state index contributed by atoms with van der Waals surface area (Å²) in [5.74, 6) is 0. The van der Waals surface area contributed by atoms with Crippen molar-refractivity contribution in [1.82, 2.24) is 10.6 Å². The minimum atomic E-state index is 0.107. The summed E-state index contributed by atoms with van der Waals surface area (Å²) >= 11 is 0. The van der Waals surface area contributed by atoms with Gasteiger partial charge in [-0.05, 0) is 11.1 Å². The van der Waals surface area contributed by atoms with Gasteiger partial charge in [0.15, 0.2) is 0 Å². The van der Waals surface area contributed by atoms with E-state index >= 15 is 0 Å². The van der Waals surface area contributed by atoms with Crippen molar-refractivity contribution < 1.29 is 18.9 Å². The van der Waals surface area contributed by atoms with E-state index in [1.54, 1.807) is 0 Å². The third-order valence-electron chi connectivity index (χ3n) is 4.99. The van der Waals surface area contributed by atoms with Crippen molar-refractivity contribution in [2.24, 2.45) is 0 Å². The fraction of sp³-hybridized carbons (Fsp3) is 0.500. The Hall–Kier alpha value is -1.80. The van der Waals surface area contributed by atoms with Gasteiger partial charge in [-0.25, -0.2) is 0 Å². The molecule has 0 amide bonds. The molecule has 0 aromatic heterocycles. The summed E-state index contributed by atoms with van der Waals surface area (Å²) in [6.07, 6.45) is 0. The van der Waals surface area contributed by atoms with Gasteiger partial charge in [-0.2, -0.15) is 0 Å². The van der Waals surface area contributed by atoms with Gasteiger partial charge in [-0.15, -0.1) is 0 Å². The molecule has 1 fully saturated rings. The predicted molar refractivity (Wildman–Crippen MR) is 118 cm³/mol. The second kappa shape index (κ2) is 14.2. The highest BCUT2D eigenvalue weighted by Gasteiger charge is 2.24. The minimum Gasteiger partial charge on any atom is -0.378 e. The Labute approximate surface area is 179 Å². The fourth-order valence-electron chi connectivity index (χ4n) is 3.51. The molecule has 2 atom stereocenters. The molecule has 0 radical (unpaired) electrons. The van der Waals surface area contributed by atoms with Gasteiger partial charge in [-0.3, -0.25) is 0 Å². The normalized spacial score (nSPS) is 23.9. The van der Waals surface area contributed by atoms with E-state index in [1.807, 2.05) is 0 Å². The lowest BCUT2D eigenvalue weighted by Crippen LogP contribution is -2.38.